The standard InChI is InChI=1S/C14H19NO2S/c1-17-14(16)12-7-8-15(11-12)9-10-18-13-5-3-2-4-6-13/h2-6,12H,7-11H2,1H3. The Morgan fingerprint density at radius 2 is 2.22 bits per heavy atom. The quantitative estimate of drug-likeness (QED) is 0.603. The lowest BCUT2D eigenvalue weighted by Gasteiger charge is -2.14. The van der Waals surface area contributed by atoms with Crippen molar-refractivity contribution in [1.82, 2.24) is 4.90 Å². The highest BCUT2D eigenvalue weighted by Gasteiger charge is 2.28. The molecule has 0 spiro atoms. The van der Waals surface area contributed by atoms with Crippen LogP contribution in [-0.4, -0.2) is 43.4 Å². The molecule has 1 fully saturated rings. The average Bonchev–Trinajstić information content (AvgIpc) is 2.88. The number of esters is 1. The maximum atomic E-state index is 11.4. The van der Waals surface area contributed by atoms with Crippen LogP contribution in [-0.2, 0) is 9.53 Å². The van der Waals surface area contributed by atoms with Gasteiger partial charge in [-0.3, -0.25) is 4.79 Å². The number of hydrogen-bond donors (Lipinski definition) is 0. The van der Waals surface area contributed by atoms with Crippen molar-refractivity contribution in [2.24, 2.45) is 5.92 Å². The first-order valence-corrected chi connectivity index (χ1v) is 7.26. The van der Waals surface area contributed by atoms with E-state index < -0.39 is 0 Å². The highest BCUT2D eigenvalue weighted by Crippen LogP contribution is 2.20. The third-order valence-electron chi connectivity index (χ3n) is 3.23. The number of benzene rings is 1. The summed E-state index contributed by atoms with van der Waals surface area (Å²) in [6, 6.07) is 10.4. The zero-order valence-electron chi connectivity index (χ0n) is 10.7. The normalized spacial score (nSPS) is 19.9. The second kappa shape index (κ2) is 6.81. The van der Waals surface area contributed by atoms with Gasteiger partial charge in [-0.1, -0.05) is 18.2 Å². The van der Waals surface area contributed by atoms with Crippen LogP contribution in [0.5, 0.6) is 0 Å². The van der Waals surface area contributed by atoms with Crippen LogP contribution in [0.4, 0.5) is 0 Å². The van der Waals surface area contributed by atoms with E-state index in [0.29, 0.717) is 0 Å². The topological polar surface area (TPSA) is 29.5 Å². The van der Waals surface area contributed by atoms with Crippen LogP contribution in [0.2, 0.25) is 0 Å². The zero-order chi connectivity index (χ0) is 12.8. The Kier molecular flexibility index (Phi) is 5.08. The molecule has 0 bridgehead atoms. The lowest BCUT2D eigenvalue weighted by Crippen LogP contribution is -2.25. The summed E-state index contributed by atoms with van der Waals surface area (Å²) in [4.78, 5) is 15.1. The lowest BCUT2D eigenvalue weighted by molar-refractivity contribution is -0.144. The van der Waals surface area contributed by atoms with Gasteiger partial charge < -0.3 is 9.64 Å². The number of ether oxygens (including phenoxy) is 1. The van der Waals surface area contributed by atoms with Crippen molar-refractivity contribution in [2.45, 2.75) is 11.3 Å². The van der Waals surface area contributed by atoms with Gasteiger partial charge in [0.15, 0.2) is 0 Å². The Balaban J connectivity index is 1.68. The number of carbonyl (C=O) groups excluding carboxylic acids is 1. The molecule has 0 N–H and O–H groups in total. The monoisotopic (exact) mass is 265 g/mol. The van der Waals surface area contributed by atoms with E-state index in [-0.39, 0.29) is 11.9 Å². The molecule has 0 saturated carbocycles. The van der Waals surface area contributed by atoms with Gasteiger partial charge in [0.05, 0.1) is 13.0 Å². The highest BCUT2D eigenvalue weighted by molar-refractivity contribution is 7.99. The summed E-state index contributed by atoms with van der Waals surface area (Å²) < 4.78 is 4.79. The summed E-state index contributed by atoms with van der Waals surface area (Å²) in [7, 11) is 1.47. The van der Waals surface area contributed by atoms with Gasteiger partial charge >= 0.3 is 5.97 Å². The van der Waals surface area contributed by atoms with E-state index in [9.17, 15) is 4.79 Å². The lowest BCUT2D eigenvalue weighted by atomic mass is 10.1. The number of methoxy groups -OCH3 is 1. The van der Waals surface area contributed by atoms with Crippen LogP contribution < -0.4 is 0 Å². The molecule has 1 unspecified atom stereocenters. The van der Waals surface area contributed by atoms with E-state index in [1.54, 1.807) is 0 Å². The minimum atomic E-state index is -0.0618. The van der Waals surface area contributed by atoms with Crippen molar-refractivity contribution in [3.8, 4) is 0 Å². The maximum absolute atomic E-state index is 11.4. The minimum Gasteiger partial charge on any atom is -0.469 e. The van der Waals surface area contributed by atoms with Crippen LogP contribution in [0.25, 0.3) is 0 Å². The summed E-state index contributed by atoms with van der Waals surface area (Å²) in [6.45, 7) is 2.89. The molecule has 1 saturated heterocycles. The molecule has 1 aromatic carbocycles. The molecular formula is C14H19NO2S. The van der Waals surface area contributed by atoms with Crippen molar-refractivity contribution in [1.29, 1.82) is 0 Å². The van der Waals surface area contributed by atoms with Crippen molar-refractivity contribution in [3.63, 3.8) is 0 Å². The first-order valence-electron chi connectivity index (χ1n) is 6.27. The van der Waals surface area contributed by atoms with E-state index in [4.69, 9.17) is 4.74 Å². The molecule has 1 aromatic rings. The molecule has 0 aliphatic carbocycles. The molecular weight excluding hydrogens is 246 g/mol. The fourth-order valence-electron chi connectivity index (χ4n) is 2.20. The molecule has 1 atom stereocenters. The van der Waals surface area contributed by atoms with E-state index in [1.807, 2.05) is 17.8 Å². The molecule has 4 heteroatoms. The van der Waals surface area contributed by atoms with Gasteiger partial charge in [-0.05, 0) is 25.1 Å². The third kappa shape index (κ3) is 3.75. The number of nitrogens with zero attached hydrogens (tertiary/aromatic N) is 1. The Labute approximate surface area is 113 Å². The Bertz CT molecular complexity index is 383. The molecule has 0 aromatic heterocycles. The van der Waals surface area contributed by atoms with Gasteiger partial charge in [-0.25, -0.2) is 0 Å². The predicted octanol–water partition coefficient (Wildman–Crippen LogP) is 2.27. The predicted molar refractivity (Wildman–Crippen MR) is 73.7 cm³/mol. The number of likely N-dealkylation sites (tertiary alicyclic amines) is 1. The van der Waals surface area contributed by atoms with Crippen LogP contribution in [0.1, 0.15) is 6.42 Å². The number of thioether (sulfide) groups is 1. The van der Waals surface area contributed by atoms with Gasteiger partial charge in [0, 0.05) is 23.7 Å². The molecule has 0 radical (unpaired) electrons. The zero-order valence-corrected chi connectivity index (χ0v) is 11.5. The van der Waals surface area contributed by atoms with Gasteiger partial charge in [0.1, 0.15) is 0 Å². The molecule has 1 heterocycles. The number of hydrogen-bond acceptors (Lipinski definition) is 4. The van der Waals surface area contributed by atoms with Crippen LogP contribution in [0.3, 0.4) is 0 Å². The Hall–Kier alpha value is -1.00. The second-order valence-electron chi connectivity index (χ2n) is 4.47. The summed E-state index contributed by atoms with van der Waals surface area (Å²) in [5, 5.41) is 0. The first-order chi connectivity index (χ1) is 8.79. The Morgan fingerprint density at radius 3 is 2.94 bits per heavy atom. The molecule has 1 aliphatic heterocycles. The number of carbonyl (C=O) groups is 1. The third-order valence-corrected chi connectivity index (χ3v) is 4.22. The van der Waals surface area contributed by atoms with E-state index in [0.717, 1.165) is 31.8 Å². The van der Waals surface area contributed by atoms with Gasteiger partial charge in [0.25, 0.3) is 0 Å². The van der Waals surface area contributed by atoms with Gasteiger partial charge in [-0.15, -0.1) is 11.8 Å². The molecule has 0 amide bonds. The fraction of sp³-hybridized carbons (Fsp3) is 0.500. The molecule has 18 heavy (non-hydrogen) atoms. The fourth-order valence-corrected chi connectivity index (χ4v) is 3.14. The van der Waals surface area contributed by atoms with E-state index in [2.05, 4.69) is 29.2 Å². The van der Waals surface area contributed by atoms with E-state index >= 15 is 0 Å². The highest BCUT2D eigenvalue weighted by atomic mass is 32.2. The van der Waals surface area contributed by atoms with Crippen LogP contribution >= 0.6 is 11.8 Å². The molecule has 3 nitrogen and oxygen atoms in total. The van der Waals surface area contributed by atoms with Gasteiger partial charge in [0.2, 0.25) is 0 Å². The first kappa shape index (κ1) is 13.4. The largest absolute Gasteiger partial charge is 0.469 e. The van der Waals surface area contributed by atoms with Crippen molar-refractivity contribution >= 4 is 17.7 Å². The minimum absolute atomic E-state index is 0.0618. The average molecular weight is 265 g/mol. The summed E-state index contributed by atoms with van der Waals surface area (Å²) in [5.74, 6) is 1.09. The van der Waals surface area contributed by atoms with Crippen LogP contribution in [0, 0.1) is 5.92 Å². The van der Waals surface area contributed by atoms with Gasteiger partial charge in [-0.2, -0.15) is 0 Å². The maximum Gasteiger partial charge on any atom is 0.310 e. The molecule has 2 rings (SSSR count). The van der Waals surface area contributed by atoms with Crippen molar-refractivity contribution < 1.29 is 9.53 Å². The number of rotatable bonds is 5. The van der Waals surface area contributed by atoms with Crippen LogP contribution in [0.15, 0.2) is 35.2 Å². The summed E-state index contributed by atoms with van der Waals surface area (Å²) in [5.41, 5.74) is 0. The molecule has 98 valence electrons. The second-order valence-corrected chi connectivity index (χ2v) is 5.64. The summed E-state index contributed by atoms with van der Waals surface area (Å²) in [6.07, 6.45) is 0.933. The van der Waals surface area contributed by atoms with E-state index in [1.165, 1.54) is 12.0 Å². The SMILES string of the molecule is COC(=O)C1CCN(CCSc2ccccc2)C1. The van der Waals surface area contributed by atoms with Crippen molar-refractivity contribution in [3.05, 3.63) is 30.3 Å². The summed E-state index contributed by atoms with van der Waals surface area (Å²) >= 11 is 1.86. The Morgan fingerprint density at radius 1 is 1.44 bits per heavy atom. The van der Waals surface area contributed by atoms with Crippen molar-refractivity contribution in [2.75, 3.05) is 32.5 Å². The molecule has 1 aliphatic rings. The smallest absolute Gasteiger partial charge is 0.310 e.